The normalized spacial score (nSPS) is 10.3. The molecule has 0 aliphatic rings. The van der Waals surface area contributed by atoms with Gasteiger partial charge in [-0.25, -0.2) is 0 Å². The molecule has 7 heteroatoms. The summed E-state index contributed by atoms with van der Waals surface area (Å²) in [5.41, 5.74) is 1.83. The Labute approximate surface area is 129 Å². The van der Waals surface area contributed by atoms with Crippen LogP contribution in [-0.2, 0) is 0 Å². The SMILES string of the molecule is CCNc1nc(Nc2cccc(Cl)c2C)nc(N(C)C)n1. The Morgan fingerprint density at radius 3 is 2.52 bits per heavy atom. The van der Waals surface area contributed by atoms with E-state index in [4.69, 9.17) is 11.6 Å². The van der Waals surface area contributed by atoms with Crippen molar-refractivity contribution < 1.29 is 0 Å². The summed E-state index contributed by atoms with van der Waals surface area (Å²) in [6.45, 7) is 4.68. The highest BCUT2D eigenvalue weighted by Crippen LogP contribution is 2.25. The van der Waals surface area contributed by atoms with Crippen LogP contribution in [0.3, 0.4) is 0 Å². The number of nitrogens with zero attached hydrogens (tertiary/aromatic N) is 4. The summed E-state index contributed by atoms with van der Waals surface area (Å²) in [7, 11) is 3.78. The van der Waals surface area contributed by atoms with E-state index >= 15 is 0 Å². The lowest BCUT2D eigenvalue weighted by atomic mass is 10.2. The van der Waals surface area contributed by atoms with Gasteiger partial charge in [0.1, 0.15) is 0 Å². The molecule has 6 nitrogen and oxygen atoms in total. The molecule has 1 aromatic carbocycles. The number of aromatic nitrogens is 3. The first kappa shape index (κ1) is 15.3. The molecule has 0 fully saturated rings. The highest BCUT2D eigenvalue weighted by atomic mass is 35.5. The standard InChI is InChI=1S/C14H19ClN6/c1-5-16-12-18-13(20-14(19-12)21(3)4)17-11-8-6-7-10(15)9(11)2/h6-8H,5H2,1-4H3,(H2,16,17,18,19,20). The van der Waals surface area contributed by atoms with Crippen LogP contribution in [-0.4, -0.2) is 35.6 Å². The predicted octanol–water partition coefficient (Wildman–Crippen LogP) is 3.07. The monoisotopic (exact) mass is 306 g/mol. The molecule has 2 aromatic rings. The zero-order chi connectivity index (χ0) is 15.4. The van der Waals surface area contributed by atoms with Crippen molar-refractivity contribution in [1.29, 1.82) is 0 Å². The van der Waals surface area contributed by atoms with E-state index in [1.807, 2.05) is 51.0 Å². The van der Waals surface area contributed by atoms with Crippen LogP contribution in [0.2, 0.25) is 5.02 Å². The molecule has 2 rings (SSSR count). The van der Waals surface area contributed by atoms with Gasteiger partial charge in [0.25, 0.3) is 0 Å². The van der Waals surface area contributed by atoms with E-state index < -0.39 is 0 Å². The van der Waals surface area contributed by atoms with Gasteiger partial charge in [0.15, 0.2) is 0 Å². The molecule has 1 heterocycles. The van der Waals surface area contributed by atoms with E-state index in [1.165, 1.54) is 0 Å². The third-order valence-electron chi connectivity index (χ3n) is 2.87. The fraction of sp³-hybridized carbons (Fsp3) is 0.357. The van der Waals surface area contributed by atoms with E-state index in [2.05, 4.69) is 25.6 Å². The van der Waals surface area contributed by atoms with E-state index in [0.29, 0.717) is 22.9 Å². The van der Waals surface area contributed by atoms with Crippen LogP contribution in [0.25, 0.3) is 0 Å². The van der Waals surface area contributed by atoms with Crippen LogP contribution in [0.5, 0.6) is 0 Å². The largest absolute Gasteiger partial charge is 0.354 e. The first-order valence-electron chi connectivity index (χ1n) is 6.70. The van der Waals surface area contributed by atoms with Crippen LogP contribution in [0.15, 0.2) is 18.2 Å². The van der Waals surface area contributed by atoms with Gasteiger partial charge < -0.3 is 15.5 Å². The highest BCUT2D eigenvalue weighted by molar-refractivity contribution is 6.31. The van der Waals surface area contributed by atoms with E-state index in [9.17, 15) is 0 Å². The number of benzene rings is 1. The quantitative estimate of drug-likeness (QED) is 0.885. The molecular formula is C14H19ClN6. The Hall–Kier alpha value is -2.08. The van der Waals surface area contributed by atoms with Crippen molar-refractivity contribution in [3.05, 3.63) is 28.8 Å². The van der Waals surface area contributed by atoms with Crippen molar-refractivity contribution >= 4 is 35.1 Å². The Balaban J connectivity index is 2.36. The second kappa shape index (κ2) is 6.58. The van der Waals surface area contributed by atoms with Gasteiger partial charge in [-0.2, -0.15) is 15.0 Å². The van der Waals surface area contributed by atoms with E-state index in [0.717, 1.165) is 17.8 Å². The number of nitrogens with one attached hydrogen (secondary N) is 2. The fourth-order valence-electron chi connectivity index (χ4n) is 1.72. The molecule has 0 spiro atoms. The Bertz CT molecular complexity index is 629. The van der Waals surface area contributed by atoms with Crippen molar-refractivity contribution in [2.45, 2.75) is 13.8 Å². The number of rotatable bonds is 5. The molecule has 0 saturated carbocycles. The van der Waals surface area contributed by atoms with Crippen molar-refractivity contribution in [2.75, 3.05) is 36.2 Å². The summed E-state index contributed by atoms with van der Waals surface area (Å²) >= 11 is 6.13. The molecule has 0 aliphatic carbocycles. The summed E-state index contributed by atoms with van der Waals surface area (Å²) in [5, 5.41) is 7.00. The molecule has 0 amide bonds. The predicted molar refractivity (Wildman–Crippen MR) is 87.8 cm³/mol. The van der Waals surface area contributed by atoms with Gasteiger partial charge in [-0.15, -0.1) is 0 Å². The van der Waals surface area contributed by atoms with Gasteiger partial charge in [-0.3, -0.25) is 0 Å². The maximum absolute atomic E-state index is 6.13. The van der Waals surface area contributed by atoms with Gasteiger partial charge in [-0.1, -0.05) is 17.7 Å². The molecule has 0 saturated heterocycles. The third kappa shape index (κ3) is 3.72. The zero-order valence-corrected chi connectivity index (χ0v) is 13.4. The smallest absolute Gasteiger partial charge is 0.233 e. The zero-order valence-electron chi connectivity index (χ0n) is 12.6. The lowest BCUT2D eigenvalue weighted by molar-refractivity contribution is 0.953. The van der Waals surface area contributed by atoms with Gasteiger partial charge in [-0.05, 0) is 31.5 Å². The first-order valence-corrected chi connectivity index (χ1v) is 7.08. The van der Waals surface area contributed by atoms with Crippen molar-refractivity contribution in [3.8, 4) is 0 Å². The second-order valence-corrected chi connectivity index (χ2v) is 5.15. The Morgan fingerprint density at radius 2 is 1.86 bits per heavy atom. The van der Waals surface area contributed by atoms with Crippen LogP contribution in [0.4, 0.5) is 23.5 Å². The molecule has 21 heavy (non-hydrogen) atoms. The minimum absolute atomic E-state index is 0.481. The molecular weight excluding hydrogens is 288 g/mol. The van der Waals surface area contributed by atoms with Gasteiger partial charge >= 0.3 is 0 Å². The van der Waals surface area contributed by atoms with Crippen LogP contribution in [0, 0.1) is 6.92 Å². The Morgan fingerprint density at radius 1 is 1.14 bits per heavy atom. The topological polar surface area (TPSA) is 66.0 Å². The average Bonchev–Trinajstić information content (AvgIpc) is 2.44. The van der Waals surface area contributed by atoms with E-state index in [-0.39, 0.29) is 0 Å². The maximum Gasteiger partial charge on any atom is 0.233 e. The summed E-state index contributed by atoms with van der Waals surface area (Å²) < 4.78 is 0. The summed E-state index contributed by atoms with van der Waals surface area (Å²) in [5.74, 6) is 1.61. The minimum atomic E-state index is 0.481. The lowest BCUT2D eigenvalue weighted by Gasteiger charge is -2.14. The highest BCUT2D eigenvalue weighted by Gasteiger charge is 2.09. The summed E-state index contributed by atoms with van der Waals surface area (Å²) in [6.07, 6.45) is 0. The molecule has 112 valence electrons. The average molecular weight is 307 g/mol. The van der Waals surface area contributed by atoms with Crippen molar-refractivity contribution in [1.82, 2.24) is 15.0 Å². The molecule has 0 unspecified atom stereocenters. The first-order chi connectivity index (χ1) is 10.0. The molecule has 0 aliphatic heterocycles. The number of hydrogen-bond donors (Lipinski definition) is 2. The molecule has 1 aromatic heterocycles. The molecule has 0 atom stereocenters. The lowest BCUT2D eigenvalue weighted by Crippen LogP contribution is -2.16. The fourth-order valence-corrected chi connectivity index (χ4v) is 1.90. The van der Waals surface area contributed by atoms with E-state index in [1.54, 1.807) is 0 Å². The molecule has 0 bridgehead atoms. The molecule has 2 N–H and O–H groups in total. The maximum atomic E-state index is 6.13. The van der Waals surface area contributed by atoms with Gasteiger partial charge in [0.05, 0.1) is 0 Å². The summed E-state index contributed by atoms with van der Waals surface area (Å²) in [4.78, 5) is 14.9. The third-order valence-corrected chi connectivity index (χ3v) is 3.28. The number of anilines is 4. The van der Waals surface area contributed by atoms with Crippen LogP contribution >= 0.6 is 11.6 Å². The van der Waals surface area contributed by atoms with Gasteiger partial charge in [0.2, 0.25) is 17.8 Å². The Kier molecular flexibility index (Phi) is 4.80. The van der Waals surface area contributed by atoms with Gasteiger partial charge in [0, 0.05) is 31.4 Å². The van der Waals surface area contributed by atoms with Crippen LogP contribution in [0.1, 0.15) is 12.5 Å². The van der Waals surface area contributed by atoms with Crippen molar-refractivity contribution in [2.24, 2.45) is 0 Å². The van der Waals surface area contributed by atoms with Crippen molar-refractivity contribution in [3.63, 3.8) is 0 Å². The molecule has 0 radical (unpaired) electrons. The number of halogens is 1. The van der Waals surface area contributed by atoms with Crippen LogP contribution < -0.4 is 15.5 Å². The minimum Gasteiger partial charge on any atom is -0.354 e. The summed E-state index contributed by atoms with van der Waals surface area (Å²) in [6, 6.07) is 5.68. The second-order valence-electron chi connectivity index (χ2n) is 4.74. The number of hydrogen-bond acceptors (Lipinski definition) is 6.